The molecule has 1 aromatic heterocycles. The summed E-state index contributed by atoms with van der Waals surface area (Å²) in [7, 11) is 1.59. The predicted molar refractivity (Wildman–Crippen MR) is 140 cm³/mol. The third-order valence-electron chi connectivity index (χ3n) is 6.34. The lowest BCUT2D eigenvalue weighted by Crippen LogP contribution is -2.49. The summed E-state index contributed by atoms with van der Waals surface area (Å²) in [5.74, 6) is 2.25. The number of rotatable bonds is 1. The number of hydrogen-bond donors (Lipinski definition) is 3. The van der Waals surface area contributed by atoms with E-state index in [1.807, 2.05) is 36.4 Å². The minimum atomic E-state index is -0.208. The van der Waals surface area contributed by atoms with Gasteiger partial charge in [0.1, 0.15) is 12.4 Å². The minimum absolute atomic E-state index is 0.00954. The van der Waals surface area contributed by atoms with Gasteiger partial charge in [-0.25, -0.2) is 4.98 Å². The van der Waals surface area contributed by atoms with Gasteiger partial charge in [-0.05, 0) is 61.3 Å². The van der Waals surface area contributed by atoms with Crippen molar-refractivity contribution < 1.29 is 14.3 Å². The van der Waals surface area contributed by atoms with Crippen molar-refractivity contribution in [2.45, 2.75) is 31.8 Å². The van der Waals surface area contributed by atoms with Crippen LogP contribution >= 0.6 is 11.6 Å². The molecule has 0 spiro atoms. The van der Waals surface area contributed by atoms with E-state index in [4.69, 9.17) is 21.1 Å². The van der Waals surface area contributed by atoms with Gasteiger partial charge in [0.05, 0.1) is 19.7 Å². The number of anilines is 4. The maximum Gasteiger partial charge on any atom is 0.237 e. The van der Waals surface area contributed by atoms with Gasteiger partial charge in [0.15, 0.2) is 11.5 Å². The number of fused-ring (bicyclic) bond motifs is 7. The lowest BCUT2D eigenvalue weighted by atomic mass is 10.00. The predicted octanol–water partition coefficient (Wildman–Crippen LogP) is 4.49. The molecule has 6 bridgehead atoms. The van der Waals surface area contributed by atoms with Crippen molar-refractivity contribution in [3.8, 4) is 11.5 Å². The second-order valence-electron chi connectivity index (χ2n) is 8.81. The van der Waals surface area contributed by atoms with Crippen LogP contribution in [0.15, 0.2) is 48.7 Å². The van der Waals surface area contributed by atoms with Crippen molar-refractivity contribution in [1.29, 1.82) is 0 Å². The summed E-state index contributed by atoms with van der Waals surface area (Å²) in [6.45, 7) is 2.12. The van der Waals surface area contributed by atoms with Gasteiger partial charge in [-0.1, -0.05) is 18.0 Å². The first kappa shape index (κ1) is 24.1. The van der Waals surface area contributed by atoms with Crippen LogP contribution in [-0.4, -0.2) is 53.6 Å². The number of ether oxygens (including phenoxy) is 2. The number of carbonyl (C=O) groups excluding carboxylic acids is 1. The van der Waals surface area contributed by atoms with Crippen molar-refractivity contribution in [1.82, 2.24) is 20.2 Å². The molecule has 0 radical (unpaired) electrons. The van der Waals surface area contributed by atoms with E-state index in [-0.39, 0.29) is 11.9 Å². The number of piperidine rings is 1. The van der Waals surface area contributed by atoms with Crippen molar-refractivity contribution in [3.63, 3.8) is 0 Å². The molecule has 188 valence electrons. The van der Waals surface area contributed by atoms with Crippen LogP contribution in [0.3, 0.4) is 0 Å². The number of hydrogen-bond acceptors (Lipinski definition) is 8. The first-order valence-corrected chi connectivity index (χ1v) is 12.4. The number of nitrogens with one attached hydrogen (secondary N) is 3. The Bertz CT molecular complexity index is 1240. The Morgan fingerprint density at radius 3 is 2.86 bits per heavy atom. The third kappa shape index (κ3) is 5.63. The van der Waals surface area contributed by atoms with Gasteiger partial charge in [0, 0.05) is 35.2 Å². The monoisotopic (exact) mass is 508 g/mol. The fraction of sp³-hybridized carbons (Fsp3) is 0.346. The zero-order valence-electron chi connectivity index (χ0n) is 20.1. The van der Waals surface area contributed by atoms with Gasteiger partial charge in [-0.2, -0.15) is 4.98 Å². The highest BCUT2D eigenvalue weighted by Crippen LogP contribution is 2.32. The van der Waals surface area contributed by atoms with Gasteiger partial charge in [-0.3, -0.25) is 9.69 Å². The number of halogens is 1. The number of carbonyl (C=O) groups is 1. The summed E-state index contributed by atoms with van der Waals surface area (Å²) in [6.07, 6.45) is 4.57. The zero-order chi connectivity index (χ0) is 24.9. The van der Waals surface area contributed by atoms with Crippen molar-refractivity contribution in [2.75, 3.05) is 37.4 Å². The van der Waals surface area contributed by atoms with Crippen LogP contribution in [0.2, 0.25) is 5.02 Å². The number of benzene rings is 2. The maximum atomic E-state index is 13.1. The third-order valence-corrected chi connectivity index (χ3v) is 6.71. The van der Waals surface area contributed by atoms with Gasteiger partial charge in [0.25, 0.3) is 0 Å². The molecule has 1 saturated heterocycles. The zero-order valence-corrected chi connectivity index (χ0v) is 20.8. The molecule has 36 heavy (non-hydrogen) atoms. The van der Waals surface area contributed by atoms with E-state index in [9.17, 15) is 4.79 Å². The summed E-state index contributed by atoms with van der Waals surface area (Å²) in [5.41, 5.74) is 2.56. The molecule has 1 unspecified atom stereocenters. The Morgan fingerprint density at radius 1 is 1.11 bits per heavy atom. The largest absolute Gasteiger partial charge is 0.493 e. The smallest absolute Gasteiger partial charge is 0.237 e. The Kier molecular flexibility index (Phi) is 7.39. The summed E-state index contributed by atoms with van der Waals surface area (Å²) >= 11 is 6.56. The Labute approximate surface area is 215 Å². The highest BCUT2D eigenvalue weighted by Gasteiger charge is 2.29. The van der Waals surface area contributed by atoms with Gasteiger partial charge in [-0.15, -0.1) is 0 Å². The molecule has 1 amide bonds. The van der Waals surface area contributed by atoms with E-state index in [0.29, 0.717) is 48.0 Å². The first-order valence-electron chi connectivity index (χ1n) is 12.1. The van der Waals surface area contributed by atoms with Crippen molar-refractivity contribution >= 4 is 40.6 Å². The Morgan fingerprint density at radius 2 is 1.97 bits per heavy atom. The maximum absolute atomic E-state index is 13.1. The molecule has 10 heteroatoms. The summed E-state index contributed by atoms with van der Waals surface area (Å²) in [5, 5.41) is 10.3. The van der Waals surface area contributed by atoms with Gasteiger partial charge >= 0.3 is 0 Å². The average molecular weight is 509 g/mol. The molecular formula is C26H29ClN6O3. The normalized spacial score (nSPS) is 18.6. The molecule has 3 N–H and O–H groups in total. The Balaban J connectivity index is 1.48. The second kappa shape index (κ2) is 11.0. The molecule has 1 atom stereocenters. The summed E-state index contributed by atoms with van der Waals surface area (Å²) < 4.78 is 11.4. The number of amides is 1. The van der Waals surface area contributed by atoms with Crippen LogP contribution < -0.4 is 25.4 Å². The van der Waals surface area contributed by atoms with E-state index in [2.05, 4.69) is 30.8 Å². The Hall–Kier alpha value is -3.56. The van der Waals surface area contributed by atoms with Crippen LogP contribution in [0, 0.1) is 0 Å². The highest BCUT2D eigenvalue weighted by molar-refractivity contribution is 6.31. The molecular weight excluding hydrogens is 480 g/mol. The quantitative estimate of drug-likeness (QED) is 0.442. The number of methoxy groups -OCH3 is 1. The molecule has 2 aliphatic rings. The average Bonchev–Trinajstić information content (AvgIpc) is 2.89. The van der Waals surface area contributed by atoms with E-state index >= 15 is 0 Å². The molecule has 9 nitrogen and oxygen atoms in total. The van der Waals surface area contributed by atoms with E-state index in [1.165, 1.54) is 0 Å². The van der Waals surface area contributed by atoms with E-state index < -0.39 is 0 Å². The van der Waals surface area contributed by atoms with E-state index in [1.54, 1.807) is 19.4 Å². The fourth-order valence-corrected chi connectivity index (χ4v) is 4.73. The molecule has 0 aliphatic carbocycles. The van der Waals surface area contributed by atoms with Crippen LogP contribution in [-0.2, 0) is 11.3 Å². The molecule has 2 aromatic carbocycles. The fourth-order valence-electron chi connectivity index (χ4n) is 4.56. The topological polar surface area (TPSA) is 101 Å². The van der Waals surface area contributed by atoms with E-state index in [0.717, 1.165) is 42.7 Å². The molecule has 2 aliphatic heterocycles. The van der Waals surface area contributed by atoms with Gasteiger partial charge < -0.3 is 25.4 Å². The molecule has 0 saturated carbocycles. The molecule has 5 rings (SSSR count). The first-order chi connectivity index (χ1) is 17.6. The SMILES string of the molecule is COc1ccc2cc1OCCNC(=O)C1CCCCN1Cc1cc(ccc1Cl)Nc1ccnc(n1)N2. The second-order valence-corrected chi connectivity index (χ2v) is 9.22. The molecule has 1 fully saturated rings. The van der Waals surface area contributed by atoms with Crippen LogP contribution in [0.1, 0.15) is 24.8 Å². The lowest BCUT2D eigenvalue weighted by Gasteiger charge is -2.35. The van der Waals surface area contributed by atoms with Crippen LogP contribution in [0.4, 0.5) is 23.1 Å². The van der Waals surface area contributed by atoms with Gasteiger partial charge in [0.2, 0.25) is 11.9 Å². The molecule has 3 aromatic rings. The standard InChI is InChI=1S/C26H29ClN6O3/c1-35-22-8-6-19-15-23(22)36-13-11-28-25(34)21-4-2-3-12-33(21)16-17-14-18(5-7-20(17)27)30-24-9-10-29-26(31-19)32-24/h5-10,14-15,21H,2-4,11-13,16H2,1H3,(H,28,34)(H2,29,30,31,32). The minimum Gasteiger partial charge on any atom is -0.493 e. The van der Waals surface area contributed by atoms with Crippen molar-refractivity contribution in [2.24, 2.45) is 0 Å². The van der Waals surface area contributed by atoms with Crippen LogP contribution in [0.25, 0.3) is 0 Å². The van der Waals surface area contributed by atoms with Crippen molar-refractivity contribution in [3.05, 3.63) is 59.2 Å². The molecule has 3 heterocycles. The number of aromatic nitrogens is 2. The lowest BCUT2D eigenvalue weighted by molar-refractivity contribution is -0.128. The van der Waals surface area contributed by atoms with Crippen LogP contribution in [0.5, 0.6) is 11.5 Å². The highest BCUT2D eigenvalue weighted by atomic mass is 35.5. The summed E-state index contributed by atoms with van der Waals surface area (Å²) in [4.78, 5) is 24.2. The summed E-state index contributed by atoms with van der Waals surface area (Å²) in [6, 6.07) is 12.9. The number of nitrogens with zero attached hydrogens (tertiary/aromatic N) is 3.